The Kier molecular flexibility index (Phi) is 3.21. The van der Waals surface area contributed by atoms with Crippen LogP contribution in [-0.4, -0.2) is 26.1 Å². The summed E-state index contributed by atoms with van der Waals surface area (Å²) in [5, 5.41) is 3.35. The molecule has 1 unspecified atom stereocenters. The molecule has 1 saturated heterocycles. The standard InChI is InChI=1S/C14H17BN2O/c16-8-9-18-15(11-4-2-1-3-5-11)12-6-7-13-14(10-12)17-13/h1-6,10,13,17H,7-9,16H2. The number of rotatable bonds is 5. The fourth-order valence-corrected chi connectivity index (χ4v) is 2.36. The SMILES string of the molecule is NCCOB(C1=CCC2NC2=C1)c1ccccc1. The Bertz CT molecular complexity index is 484. The highest BCUT2D eigenvalue weighted by Crippen LogP contribution is 2.28. The number of allylic oxidation sites excluding steroid dienone is 2. The number of hydrogen-bond donors (Lipinski definition) is 2. The van der Waals surface area contributed by atoms with E-state index in [1.165, 1.54) is 16.6 Å². The van der Waals surface area contributed by atoms with Gasteiger partial charge in [-0.2, -0.15) is 0 Å². The summed E-state index contributed by atoms with van der Waals surface area (Å²) in [5.41, 5.74) is 9.32. The zero-order chi connectivity index (χ0) is 12.4. The highest BCUT2D eigenvalue weighted by atomic mass is 16.4. The van der Waals surface area contributed by atoms with E-state index in [9.17, 15) is 0 Å². The largest absolute Gasteiger partial charge is 0.426 e. The van der Waals surface area contributed by atoms with E-state index in [4.69, 9.17) is 10.4 Å². The average Bonchev–Trinajstić information content (AvgIpc) is 3.19. The molecule has 4 heteroatoms. The summed E-state index contributed by atoms with van der Waals surface area (Å²) < 4.78 is 5.92. The maximum absolute atomic E-state index is 5.92. The van der Waals surface area contributed by atoms with Crippen molar-refractivity contribution in [3.8, 4) is 0 Å². The van der Waals surface area contributed by atoms with E-state index < -0.39 is 0 Å². The Balaban J connectivity index is 1.83. The number of benzene rings is 1. The molecule has 3 rings (SSSR count). The summed E-state index contributed by atoms with van der Waals surface area (Å²) in [6, 6.07) is 10.9. The minimum atomic E-state index is 0.00519. The van der Waals surface area contributed by atoms with Crippen LogP contribution in [-0.2, 0) is 4.65 Å². The molecule has 0 aromatic heterocycles. The molecule has 0 spiro atoms. The molecule has 2 aliphatic rings. The second-order valence-electron chi connectivity index (χ2n) is 4.69. The molecule has 0 radical (unpaired) electrons. The van der Waals surface area contributed by atoms with Gasteiger partial charge in [-0.1, -0.05) is 36.4 Å². The summed E-state index contributed by atoms with van der Waals surface area (Å²) >= 11 is 0. The molecule has 0 bridgehead atoms. The molecular formula is C14H17BN2O. The predicted molar refractivity (Wildman–Crippen MR) is 74.5 cm³/mol. The summed E-state index contributed by atoms with van der Waals surface area (Å²) in [5.74, 6) is 0. The minimum absolute atomic E-state index is 0.00519. The van der Waals surface area contributed by atoms with Crippen LogP contribution in [0, 0.1) is 0 Å². The second kappa shape index (κ2) is 5.00. The Morgan fingerprint density at radius 2 is 2.17 bits per heavy atom. The summed E-state index contributed by atoms with van der Waals surface area (Å²) in [4.78, 5) is 0. The minimum Gasteiger partial charge on any atom is -0.426 e. The van der Waals surface area contributed by atoms with Gasteiger partial charge in [0, 0.05) is 18.8 Å². The van der Waals surface area contributed by atoms with Gasteiger partial charge in [-0.25, -0.2) is 0 Å². The van der Waals surface area contributed by atoms with Crippen molar-refractivity contribution in [3.63, 3.8) is 0 Å². The number of fused-ring (bicyclic) bond motifs is 1. The lowest BCUT2D eigenvalue weighted by Gasteiger charge is -2.16. The molecule has 0 amide bonds. The highest BCUT2D eigenvalue weighted by molar-refractivity contribution is 6.75. The van der Waals surface area contributed by atoms with Crippen molar-refractivity contribution in [3.05, 3.63) is 53.7 Å². The van der Waals surface area contributed by atoms with Gasteiger partial charge < -0.3 is 15.7 Å². The first-order valence-electron chi connectivity index (χ1n) is 6.43. The first-order valence-corrected chi connectivity index (χ1v) is 6.43. The molecule has 1 aromatic rings. The van der Waals surface area contributed by atoms with Crippen LogP contribution < -0.4 is 16.5 Å². The maximum Gasteiger partial charge on any atom is 0.361 e. The lowest BCUT2D eigenvalue weighted by molar-refractivity contribution is 0.342. The molecule has 1 fully saturated rings. The third-order valence-electron chi connectivity index (χ3n) is 3.35. The number of hydrogen-bond acceptors (Lipinski definition) is 3. The van der Waals surface area contributed by atoms with Gasteiger partial charge in [0.2, 0.25) is 0 Å². The van der Waals surface area contributed by atoms with Crippen molar-refractivity contribution < 1.29 is 4.65 Å². The van der Waals surface area contributed by atoms with Crippen molar-refractivity contribution in [2.45, 2.75) is 12.5 Å². The molecule has 1 atom stereocenters. The highest BCUT2D eigenvalue weighted by Gasteiger charge is 2.33. The first kappa shape index (κ1) is 11.6. The lowest BCUT2D eigenvalue weighted by Crippen LogP contribution is -2.37. The average molecular weight is 240 g/mol. The molecule has 1 heterocycles. The fourth-order valence-electron chi connectivity index (χ4n) is 2.36. The summed E-state index contributed by atoms with van der Waals surface area (Å²) in [7, 11) is 0. The van der Waals surface area contributed by atoms with Crippen molar-refractivity contribution in [1.82, 2.24) is 5.32 Å². The lowest BCUT2D eigenvalue weighted by atomic mass is 9.53. The van der Waals surface area contributed by atoms with E-state index in [0.29, 0.717) is 19.2 Å². The van der Waals surface area contributed by atoms with Crippen molar-refractivity contribution in [1.29, 1.82) is 0 Å². The van der Waals surface area contributed by atoms with Gasteiger partial charge in [-0.15, -0.1) is 0 Å². The molecular weight excluding hydrogens is 223 g/mol. The van der Waals surface area contributed by atoms with Gasteiger partial charge in [-0.05, 0) is 23.4 Å². The normalized spacial score (nSPS) is 20.4. The number of nitrogens with two attached hydrogens (primary N) is 1. The van der Waals surface area contributed by atoms with Gasteiger partial charge in [0.25, 0.3) is 0 Å². The van der Waals surface area contributed by atoms with E-state index in [1.54, 1.807) is 0 Å². The van der Waals surface area contributed by atoms with Crippen molar-refractivity contribution >= 4 is 12.4 Å². The smallest absolute Gasteiger partial charge is 0.361 e. The maximum atomic E-state index is 5.92. The third-order valence-corrected chi connectivity index (χ3v) is 3.35. The van der Waals surface area contributed by atoms with Crippen LogP contribution in [0.2, 0.25) is 0 Å². The van der Waals surface area contributed by atoms with E-state index in [-0.39, 0.29) is 6.92 Å². The molecule has 92 valence electrons. The van der Waals surface area contributed by atoms with Gasteiger partial charge in [0.05, 0.1) is 6.04 Å². The molecule has 1 aliphatic heterocycles. The molecule has 3 N–H and O–H groups in total. The van der Waals surface area contributed by atoms with Gasteiger partial charge in [0.1, 0.15) is 0 Å². The van der Waals surface area contributed by atoms with E-state index in [1.807, 2.05) is 18.2 Å². The van der Waals surface area contributed by atoms with E-state index in [0.717, 1.165) is 6.42 Å². The quantitative estimate of drug-likeness (QED) is 0.584. The first-order chi connectivity index (χ1) is 8.88. The fraction of sp³-hybridized carbons (Fsp3) is 0.286. The Hall–Kier alpha value is -1.52. The second-order valence-corrected chi connectivity index (χ2v) is 4.69. The van der Waals surface area contributed by atoms with Crippen LogP contribution in [0.5, 0.6) is 0 Å². The monoisotopic (exact) mass is 240 g/mol. The van der Waals surface area contributed by atoms with Crippen LogP contribution in [0.15, 0.2) is 53.7 Å². The van der Waals surface area contributed by atoms with Gasteiger partial charge in [-0.3, -0.25) is 0 Å². The van der Waals surface area contributed by atoms with Crippen LogP contribution in [0.25, 0.3) is 0 Å². The summed E-state index contributed by atoms with van der Waals surface area (Å²) in [6.07, 6.45) is 5.54. The third kappa shape index (κ3) is 2.35. The van der Waals surface area contributed by atoms with Gasteiger partial charge >= 0.3 is 6.92 Å². The van der Waals surface area contributed by atoms with Crippen molar-refractivity contribution in [2.24, 2.45) is 5.73 Å². The van der Waals surface area contributed by atoms with Gasteiger partial charge in [0.15, 0.2) is 0 Å². The molecule has 0 saturated carbocycles. The van der Waals surface area contributed by atoms with Crippen LogP contribution in [0.1, 0.15) is 6.42 Å². The van der Waals surface area contributed by atoms with E-state index >= 15 is 0 Å². The van der Waals surface area contributed by atoms with Crippen LogP contribution >= 0.6 is 0 Å². The Morgan fingerprint density at radius 3 is 2.89 bits per heavy atom. The molecule has 18 heavy (non-hydrogen) atoms. The molecule has 1 aromatic carbocycles. The molecule has 3 nitrogen and oxygen atoms in total. The zero-order valence-electron chi connectivity index (χ0n) is 10.3. The van der Waals surface area contributed by atoms with E-state index in [2.05, 4.69) is 29.6 Å². The topological polar surface area (TPSA) is 57.2 Å². The Morgan fingerprint density at radius 1 is 1.33 bits per heavy atom. The van der Waals surface area contributed by atoms with Crippen molar-refractivity contribution in [2.75, 3.05) is 13.2 Å². The van der Waals surface area contributed by atoms with Crippen LogP contribution in [0.4, 0.5) is 0 Å². The number of nitrogens with one attached hydrogen (secondary N) is 1. The summed E-state index contributed by atoms with van der Waals surface area (Å²) in [6.45, 7) is 1.14. The Labute approximate surface area is 108 Å². The van der Waals surface area contributed by atoms with Crippen LogP contribution in [0.3, 0.4) is 0 Å². The zero-order valence-corrected chi connectivity index (χ0v) is 10.3. The predicted octanol–water partition coefficient (Wildman–Crippen LogP) is 0.585. The molecule has 1 aliphatic carbocycles.